The van der Waals surface area contributed by atoms with E-state index in [0.717, 1.165) is 35.3 Å². The minimum atomic E-state index is 0.774. The quantitative estimate of drug-likeness (QED) is 0.702. The van der Waals surface area contributed by atoms with E-state index in [1.165, 1.54) is 0 Å². The Morgan fingerprint density at radius 3 is 2.56 bits per heavy atom. The molecule has 1 aliphatic carbocycles. The third-order valence-electron chi connectivity index (χ3n) is 2.57. The van der Waals surface area contributed by atoms with Gasteiger partial charge in [0.05, 0.1) is 0 Å². The molecular formula is C17H25N. The van der Waals surface area contributed by atoms with E-state index in [2.05, 4.69) is 19.2 Å². The monoisotopic (exact) mass is 243 g/mol. The van der Waals surface area contributed by atoms with Crippen LogP contribution in [0.4, 0.5) is 0 Å². The first-order valence-electron chi connectivity index (χ1n) is 6.49. The van der Waals surface area contributed by atoms with E-state index >= 15 is 0 Å². The summed E-state index contributed by atoms with van der Waals surface area (Å²) in [5, 5.41) is 0. The van der Waals surface area contributed by atoms with E-state index < -0.39 is 0 Å². The fourth-order valence-corrected chi connectivity index (χ4v) is 1.49. The van der Waals surface area contributed by atoms with Gasteiger partial charge in [-0.05, 0) is 42.6 Å². The van der Waals surface area contributed by atoms with Crippen LogP contribution in [0.25, 0.3) is 0 Å². The molecule has 0 bridgehead atoms. The fraction of sp³-hybridized carbons (Fsp3) is 0.294. The summed E-state index contributed by atoms with van der Waals surface area (Å²) in [6.45, 7) is 14.0. The number of rotatable bonds is 1. The van der Waals surface area contributed by atoms with E-state index in [9.17, 15) is 0 Å². The number of hydrogen-bond acceptors (Lipinski definition) is 1. The minimum Gasteiger partial charge on any atom is -0.399 e. The first-order chi connectivity index (χ1) is 8.65. The second-order valence-corrected chi connectivity index (χ2v) is 3.79. The Hall–Kier alpha value is -1.76. The van der Waals surface area contributed by atoms with Crippen LogP contribution in [0.1, 0.15) is 33.6 Å². The van der Waals surface area contributed by atoms with E-state index in [1.54, 1.807) is 0 Å². The maximum atomic E-state index is 5.82. The number of nitrogens with two attached hydrogens (primary N) is 1. The summed E-state index contributed by atoms with van der Waals surface area (Å²) in [5.41, 5.74) is 9.68. The summed E-state index contributed by atoms with van der Waals surface area (Å²) in [4.78, 5) is 0. The van der Waals surface area contributed by atoms with Crippen LogP contribution in [0, 0.1) is 0 Å². The maximum Gasteiger partial charge on any atom is 0.0273 e. The van der Waals surface area contributed by atoms with Crippen LogP contribution in [0.3, 0.4) is 0 Å². The zero-order valence-electron chi connectivity index (χ0n) is 11.9. The van der Waals surface area contributed by atoms with Gasteiger partial charge >= 0.3 is 0 Å². The van der Waals surface area contributed by atoms with Crippen molar-refractivity contribution in [1.29, 1.82) is 0 Å². The first-order valence-corrected chi connectivity index (χ1v) is 6.49. The summed E-state index contributed by atoms with van der Waals surface area (Å²) in [7, 11) is 0. The normalized spacial score (nSPS) is 22.4. The third kappa shape index (κ3) is 5.53. The Kier molecular flexibility index (Phi) is 8.38. The van der Waals surface area contributed by atoms with Crippen molar-refractivity contribution in [2.75, 3.05) is 0 Å². The Labute approximate surface area is 112 Å². The summed E-state index contributed by atoms with van der Waals surface area (Å²) in [5.74, 6) is 0. The average molecular weight is 243 g/mol. The largest absolute Gasteiger partial charge is 0.399 e. The highest BCUT2D eigenvalue weighted by molar-refractivity contribution is 5.51. The van der Waals surface area contributed by atoms with Crippen molar-refractivity contribution in [3.8, 4) is 0 Å². The topological polar surface area (TPSA) is 26.0 Å². The molecule has 1 nitrogen and oxygen atoms in total. The van der Waals surface area contributed by atoms with E-state index in [-0.39, 0.29) is 0 Å². The van der Waals surface area contributed by atoms with Crippen LogP contribution in [0.2, 0.25) is 0 Å². The summed E-state index contributed by atoms with van der Waals surface area (Å²) in [6.07, 6.45) is 14.0. The SMILES string of the molecule is C=C1/C=C\C=C/CC/C(=C/C(N)=C\C)C1=C.CC. The lowest BCUT2D eigenvalue weighted by Gasteiger charge is -2.10. The fourth-order valence-electron chi connectivity index (χ4n) is 1.49. The van der Waals surface area contributed by atoms with Crippen molar-refractivity contribution in [3.63, 3.8) is 0 Å². The highest BCUT2D eigenvalue weighted by Gasteiger charge is 2.05. The van der Waals surface area contributed by atoms with Crippen LogP contribution in [-0.4, -0.2) is 0 Å². The second-order valence-electron chi connectivity index (χ2n) is 3.79. The highest BCUT2D eigenvalue weighted by Crippen LogP contribution is 2.23. The summed E-state index contributed by atoms with van der Waals surface area (Å²) < 4.78 is 0. The van der Waals surface area contributed by atoms with Gasteiger partial charge in [0.15, 0.2) is 0 Å². The van der Waals surface area contributed by atoms with Crippen molar-refractivity contribution >= 4 is 0 Å². The molecule has 0 saturated heterocycles. The van der Waals surface area contributed by atoms with E-state index in [0.29, 0.717) is 0 Å². The molecule has 1 aliphatic rings. The molecule has 0 amide bonds. The lowest BCUT2D eigenvalue weighted by molar-refractivity contribution is 0.990. The van der Waals surface area contributed by atoms with Crippen molar-refractivity contribution < 1.29 is 0 Å². The van der Waals surface area contributed by atoms with Crippen LogP contribution in [0.5, 0.6) is 0 Å². The van der Waals surface area contributed by atoms with Gasteiger partial charge in [-0.15, -0.1) is 0 Å². The van der Waals surface area contributed by atoms with E-state index in [1.807, 2.05) is 51.2 Å². The lowest BCUT2D eigenvalue weighted by atomic mass is 9.96. The number of hydrogen-bond donors (Lipinski definition) is 1. The average Bonchev–Trinajstić information content (AvgIpc) is 2.47. The molecule has 0 aliphatic heterocycles. The Balaban J connectivity index is 0.00000137. The van der Waals surface area contributed by atoms with Crippen LogP contribution in [-0.2, 0) is 0 Å². The zero-order chi connectivity index (χ0) is 14.0. The second kappa shape index (κ2) is 9.29. The number of allylic oxidation sites excluding steroid dienone is 9. The summed E-state index contributed by atoms with van der Waals surface area (Å²) >= 11 is 0. The van der Waals surface area contributed by atoms with Gasteiger partial charge in [-0.3, -0.25) is 0 Å². The van der Waals surface area contributed by atoms with Gasteiger partial charge in [0.2, 0.25) is 0 Å². The predicted molar refractivity (Wildman–Crippen MR) is 83.2 cm³/mol. The Morgan fingerprint density at radius 1 is 1.28 bits per heavy atom. The van der Waals surface area contributed by atoms with Gasteiger partial charge in [0.1, 0.15) is 0 Å². The Bertz CT molecular complexity index is 403. The zero-order valence-corrected chi connectivity index (χ0v) is 11.9. The maximum absolute atomic E-state index is 5.82. The van der Waals surface area contributed by atoms with Gasteiger partial charge in [0, 0.05) is 5.70 Å². The molecule has 0 unspecified atom stereocenters. The van der Waals surface area contributed by atoms with Gasteiger partial charge < -0.3 is 5.73 Å². The molecular weight excluding hydrogens is 218 g/mol. The van der Waals surface area contributed by atoms with E-state index in [4.69, 9.17) is 5.73 Å². The van der Waals surface area contributed by atoms with Crippen LogP contribution in [0.15, 0.2) is 72.0 Å². The van der Waals surface area contributed by atoms with Gasteiger partial charge in [-0.25, -0.2) is 0 Å². The molecule has 18 heavy (non-hydrogen) atoms. The standard InChI is InChI=1S/C15H19N.C2H6/c1-4-15(16)11-14-10-8-6-5-7-9-12(2)13(14)3;1-2/h4-7,9,11H,2-3,8,10,16H2,1H3;1-2H3/b6-5-,9-7-,14-11-,15-4+;. The molecule has 0 aromatic carbocycles. The molecule has 0 aromatic heterocycles. The molecule has 0 radical (unpaired) electrons. The lowest BCUT2D eigenvalue weighted by Crippen LogP contribution is -1.97. The van der Waals surface area contributed by atoms with Crippen molar-refractivity contribution in [1.82, 2.24) is 0 Å². The molecule has 1 heteroatoms. The van der Waals surface area contributed by atoms with Crippen LogP contribution >= 0.6 is 0 Å². The smallest absolute Gasteiger partial charge is 0.0273 e. The minimum absolute atomic E-state index is 0.774. The molecule has 0 atom stereocenters. The van der Waals surface area contributed by atoms with Gasteiger partial charge in [-0.2, -0.15) is 0 Å². The van der Waals surface area contributed by atoms with Gasteiger partial charge in [0.25, 0.3) is 0 Å². The summed E-state index contributed by atoms with van der Waals surface area (Å²) in [6, 6.07) is 0. The predicted octanol–water partition coefficient (Wildman–Crippen LogP) is 4.82. The third-order valence-corrected chi connectivity index (χ3v) is 2.57. The molecule has 0 aromatic rings. The molecule has 98 valence electrons. The molecule has 0 saturated carbocycles. The van der Waals surface area contributed by atoms with Crippen molar-refractivity contribution in [2.45, 2.75) is 33.6 Å². The van der Waals surface area contributed by atoms with Crippen molar-refractivity contribution in [2.24, 2.45) is 5.73 Å². The van der Waals surface area contributed by atoms with Crippen molar-refractivity contribution in [3.05, 3.63) is 72.0 Å². The molecule has 1 rings (SSSR count). The van der Waals surface area contributed by atoms with Gasteiger partial charge in [-0.1, -0.05) is 57.4 Å². The highest BCUT2D eigenvalue weighted by atomic mass is 14.5. The molecule has 0 spiro atoms. The van der Waals surface area contributed by atoms with Crippen LogP contribution < -0.4 is 5.73 Å². The molecule has 2 N–H and O–H groups in total. The first kappa shape index (κ1) is 16.2. The molecule has 0 heterocycles. The molecule has 0 fully saturated rings. The Morgan fingerprint density at radius 2 is 1.94 bits per heavy atom.